The SMILES string of the molecule is O=c1[nH]c2c(s1)[C@H](c1ccc(-c3ccccc3[N+](=O)[O-])o1)[C@@H]1[C@H]3CC[C@@H](C3)[C@H]1S2. The highest BCUT2D eigenvalue weighted by atomic mass is 32.2. The molecule has 3 aliphatic rings. The van der Waals surface area contributed by atoms with Crippen molar-refractivity contribution in [3.8, 4) is 11.3 Å². The van der Waals surface area contributed by atoms with Gasteiger partial charge < -0.3 is 9.40 Å². The van der Waals surface area contributed by atoms with Crippen LogP contribution in [0.15, 0.2) is 50.6 Å². The molecule has 3 heterocycles. The van der Waals surface area contributed by atoms with Crippen molar-refractivity contribution in [1.82, 2.24) is 4.98 Å². The van der Waals surface area contributed by atoms with E-state index in [0.29, 0.717) is 34.3 Å². The van der Waals surface area contributed by atoms with Crippen LogP contribution in [0.25, 0.3) is 11.3 Å². The maximum Gasteiger partial charge on any atom is 0.305 e. The van der Waals surface area contributed by atoms with Crippen LogP contribution in [0.2, 0.25) is 0 Å². The van der Waals surface area contributed by atoms with Gasteiger partial charge in [-0.25, -0.2) is 0 Å². The first-order chi connectivity index (χ1) is 14.1. The summed E-state index contributed by atoms with van der Waals surface area (Å²) in [5.41, 5.74) is 0.526. The number of nitrogens with zero attached hydrogens (tertiary/aromatic N) is 1. The lowest BCUT2D eigenvalue weighted by Crippen LogP contribution is -2.33. The van der Waals surface area contributed by atoms with Gasteiger partial charge in [-0.15, -0.1) is 11.8 Å². The van der Waals surface area contributed by atoms with Gasteiger partial charge in [-0.1, -0.05) is 23.5 Å². The summed E-state index contributed by atoms with van der Waals surface area (Å²) in [5.74, 6) is 3.20. The highest BCUT2D eigenvalue weighted by molar-refractivity contribution is 8.00. The van der Waals surface area contributed by atoms with Gasteiger partial charge in [-0.3, -0.25) is 14.9 Å². The van der Waals surface area contributed by atoms with E-state index >= 15 is 0 Å². The molecule has 0 amide bonds. The van der Waals surface area contributed by atoms with Crippen LogP contribution >= 0.6 is 23.1 Å². The van der Waals surface area contributed by atoms with E-state index < -0.39 is 0 Å². The number of thiazole rings is 1. The maximum absolute atomic E-state index is 12.1. The van der Waals surface area contributed by atoms with E-state index in [9.17, 15) is 14.9 Å². The van der Waals surface area contributed by atoms with Crippen molar-refractivity contribution in [1.29, 1.82) is 0 Å². The van der Waals surface area contributed by atoms with Gasteiger partial charge in [-0.05, 0) is 55.2 Å². The second-order valence-corrected chi connectivity index (χ2v) is 10.4. The third-order valence-corrected chi connectivity index (χ3v) is 9.39. The summed E-state index contributed by atoms with van der Waals surface area (Å²) in [6.45, 7) is 0. The van der Waals surface area contributed by atoms with Crippen LogP contribution in [-0.2, 0) is 0 Å². The fourth-order valence-electron chi connectivity index (χ4n) is 5.67. The summed E-state index contributed by atoms with van der Waals surface area (Å²) >= 11 is 3.13. The Labute approximate surface area is 174 Å². The van der Waals surface area contributed by atoms with E-state index in [-0.39, 0.29) is 21.4 Å². The van der Waals surface area contributed by atoms with Crippen LogP contribution < -0.4 is 4.87 Å². The second-order valence-electron chi connectivity index (χ2n) is 8.15. The molecule has 3 aromatic rings. The third kappa shape index (κ3) is 2.58. The minimum Gasteiger partial charge on any atom is -0.460 e. The second kappa shape index (κ2) is 6.34. The number of nitrogens with one attached hydrogen (secondary N) is 1. The molecule has 2 aliphatic carbocycles. The normalized spacial score (nSPS) is 29.6. The van der Waals surface area contributed by atoms with E-state index in [1.807, 2.05) is 23.9 Å². The van der Waals surface area contributed by atoms with Gasteiger partial charge in [0.1, 0.15) is 11.5 Å². The molecule has 2 fully saturated rings. The maximum atomic E-state index is 12.1. The summed E-state index contributed by atoms with van der Waals surface area (Å²) in [4.78, 5) is 27.2. The Bertz CT molecular complexity index is 1180. The van der Waals surface area contributed by atoms with E-state index in [1.54, 1.807) is 18.2 Å². The molecule has 0 spiro atoms. The number of furan rings is 1. The lowest BCUT2D eigenvalue weighted by molar-refractivity contribution is -0.384. The number of nitro benzene ring substituents is 1. The zero-order valence-corrected chi connectivity index (χ0v) is 17.0. The molecular formula is C21H18N2O4S2. The zero-order chi connectivity index (χ0) is 19.7. The Kier molecular flexibility index (Phi) is 3.83. The van der Waals surface area contributed by atoms with E-state index in [2.05, 4.69) is 4.98 Å². The number of thioether (sulfide) groups is 1. The number of H-pyrrole nitrogens is 1. The van der Waals surface area contributed by atoms with Gasteiger partial charge in [0.25, 0.3) is 5.69 Å². The van der Waals surface area contributed by atoms with Crippen molar-refractivity contribution < 1.29 is 9.34 Å². The average molecular weight is 427 g/mol. The van der Waals surface area contributed by atoms with Crippen LogP contribution in [0.5, 0.6) is 0 Å². The van der Waals surface area contributed by atoms with Crippen molar-refractivity contribution in [2.24, 2.45) is 17.8 Å². The van der Waals surface area contributed by atoms with Crippen molar-refractivity contribution in [2.45, 2.75) is 35.5 Å². The quantitative estimate of drug-likeness (QED) is 0.456. The topological polar surface area (TPSA) is 89.1 Å². The number of benzene rings is 1. The predicted octanol–water partition coefficient (Wildman–Crippen LogP) is 5.26. The van der Waals surface area contributed by atoms with Gasteiger partial charge in [0.15, 0.2) is 0 Å². The van der Waals surface area contributed by atoms with Crippen molar-refractivity contribution in [2.75, 3.05) is 0 Å². The van der Waals surface area contributed by atoms with E-state index in [0.717, 1.165) is 15.7 Å². The molecule has 0 radical (unpaired) electrons. The molecule has 2 aromatic heterocycles. The Morgan fingerprint density at radius 2 is 1.97 bits per heavy atom. The van der Waals surface area contributed by atoms with Crippen LogP contribution in [-0.4, -0.2) is 15.2 Å². The molecule has 8 heteroatoms. The summed E-state index contributed by atoms with van der Waals surface area (Å²) in [6.07, 6.45) is 3.78. The zero-order valence-electron chi connectivity index (χ0n) is 15.4. The van der Waals surface area contributed by atoms with Crippen LogP contribution in [0.4, 0.5) is 5.69 Å². The molecule has 29 heavy (non-hydrogen) atoms. The van der Waals surface area contributed by atoms with E-state index in [4.69, 9.17) is 4.42 Å². The lowest BCUT2D eigenvalue weighted by atomic mass is 9.77. The fraction of sp³-hybridized carbons (Fsp3) is 0.381. The van der Waals surface area contributed by atoms with Crippen molar-refractivity contribution >= 4 is 28.8 Å². The molecule has 0 unspecified atom stereocenters. The molecule has 1 aromatic carbocycles. The monoisotopic (exact) mass is 426 g/mol. The Morgan fingerprint density at radius 1 is 1.14 bits per heavy atom. The fourth-order valence-corrected chi connectivity index (χ4v) is 8.55. The molecule has 6 nitrogen and oxygen atoms in total. The smallest absolute Gasteiger partial charge is 0.305 e. The van der Waals surface area contributed by atoms with Crippen LogP contribution in [0.3, 0.4) is 0 Å². The lowest BCUT2D eigenvalue weighted by Gasteiger charge is -2.38. The van der Waals surface area contributed by atoms with Gasteiger partial charge in [0, 0.05) is 11.3 Å². The number of aromatic amines is 1. The molecule has 1 aliphatic heterocycles. The number of aromatic nitrogens is 1. The number of nitro groups is 1. The van der Waals surface area contributed by atoms with E-state index in [1.165, 1.54) is 36.7 Å². The first-order valence-corrected chi connectivity index (χ1v) is 11.5. The molecule has 6 rings (SSSR count). The first-order valence-electron chi connectivity index (χ1n) is 9.83. The summed E-state index contributed by atoms with van der Waals surface area (Å²) in [5, 5.41) is 12.9. The van der Waals surface area contributed by atoms with Gasteiger partial charge in [0.2, 0.25) is 0 Å². The standard InChI is InChI=1S/C21H18N2O4S2/c24-21-22-20-19(29-21)17(16-10-5-6-11(9-10)18(16)28-20)15-8-7-14(27-15)12-3-1-2-4-13(12)23(25)26/h1-4,7-8,10-11,16-18H,5-6,9H2,(H,22,24)/t10-,11-,16-,17+,18+/m0/s1. The van der Waals surface area contributed by atoms with Crippen molar-refractivity contribution in [3.05, 3.63) is 66.8 Å². The number of hydrogen-bond acceptors (Lipinski definition) is 6. The number of fused-ring (bicyclic) bond motifs is 6. The molecule has 2 bridgehead atoms. The number of rotatable bonds is 3. The summed E-state index contributed by atoms with van der Waals surface area (Å²) < 4.78 is 6.26. The Morgan fingerprint density at radius 3 is 2.83 bits per heavy atom. The van der Waals surface area contributed by atoms with Gasteiger partial charge in [0.05, 0.1) is 26.3 Å². The Hall–Kier alpha value is -2.32. The largest absolute Gasteiger partial charge is 0.460 e. The van der Waals surface area contributed by atoms with Crippen molar-refractivity contribution in [3.63, 3.8) is 0 Å². The molecule has 1 N–H and O–H groups in total. The highest BCUT2D eigenvalue weighted by Gasteiger charge is 2.55. The summed E-state index contributed by atoms with van der Waals surface area (Å²) in [6, 6.07) is 10.4. The van der Waals surface area contributed by atoms with Crippen LogP contribution in [0, 0.1) is 27.9 Å². The number of para-hydroxylation sites is 1. The molecular weight excluding hydrogens is 408 g/mol. The predicted molar refractivity (Wildman–Crippen MR) is 112 cm³/mol. The minimum absolute atomic E-state index is 0.0229. The number of hydrogen-bond donors (Lipinski definition) is 1. The average Bonchev–Trinajstić information content (AvgIpc) is 3.49. The molecule has 5 atom stereocenters. The minimum atomic E-state index is -0.378. The Balaban J connectivity index is 1.47. The highest BCUT2D eigenvalue weighted by Crippen LogP contribution is 2.63. The first kappa shape index (κ1) is 17.5. The van der Waals surface area contributed by atoms with Gasteiger partial charge >= 0.3 is 4.87 Å². The third-order valence-electron chi connectivity index (χ3n) is 6.76. The van der Waals surface area contributed by atoms with Gasteiger partial charge in [-0.2, -0.15) is 0 Å². The molecule has 0 saturated heterocycles. The van der Waals surface area contributed by atoms with Crippen LogP contribution in [0.1, 0.15) is 35.8 Å². The molecule has 148 valence electrons. The molecule has 2 saturated carbocycles. The summed E-state index contributed by atoms with van der Waals surface area (Å²) in [7, 11) is 0.